The highest BCUT2D eigenvalue weighted by molar-refractivity contribution is 5.76. The Morgan fingerprint density at radius 2 is 2.18 bits per heavy atom. The molecular formula is C13H26N2O2. The summed E-state index contributed by atoms with van der Waals surface area (Å²) in [5, 5.41) is 6.39. The van der Waals surface area contributed by atoms with E-state index in [1.807, 2.05) is 0 Å². The van der Waals surface area contributed by atoms with Crippen LogP contribution < -0.4 is 10.6 Å². The second-order valence-corrected chi connectivity index (χ2v) is 5.09. The summed E-state index contributed by atoms with van der Waals surface area (Å²) in [5.41, 5.74) is 0. The fourth-order valence-electron chi connectivity index (χ4n) is 2.29. The van der Waals surface area contributed by atoms with Crippen LogP contribution in [0.15, 0.2) is 0 Å². The van der Waals surface area contributed by atoms with Crippen molar-refractivity contribution in [2.24, 2.45) is 0 Å². The Morgan fingerprint density at radius 1 is 1.41 bits per heavy atom. The van der Waals surface area contributed by atoms with E-state index in [1.165, 1.54) is 0 Å². The fourth-order valence-corrected chi connectivity index (χ4v) is 2.29. The molecule has 0 saturated heterocycles. The summed E-state index contributed by atoms with van der Waals surface area (Å²) in [4.78, 5) is 11.7. The predicted molar refractivity (Wildman–Crippen MR) is 69.0 cm³/mol. The Labute approximate surface area is 104 Å². The second kappa shape index (κ2) is 7.67. The third-order valence-corrected chi connectivity index (χ3v) is 3.23. The number of methoxy groups -OCH3 is 1. The number of nitrogens with one attached hydrogen (secondary N) is 2. The minimum atomic E-state index is 0.157. The van der Waals surface area contributed by atoms with Crippen molar-refractivity contribution in [2.45, 2.75) is 64.1 Å². The third-order valence-electron chi connectivity index (χ3n) is 3.23. The van der Waals surface area contributed by atoms with Gasteiger partial charge in [-0.3, -0.25) is 4.79 Å². The van der Waals surface area contributed by atoms with E-state index >= 15 is 0 Å². The molecule has 4 heteroatoms. The van der Waals surface area contributed by atoms with Crippen molar-refractivity contribution in [3.8, 4) is 0 Å². The highest BCUT2D eigenvalue weighted by Crippen LogP contribution is 2.21. The minimum absolute atomic E-state index is 0.157. The van der Waals surface area contributed by atoms with Crippen molar-refractivity contribution >= 4 is 5.91 Å². The van der Waals surface area contributed by atoms with E-state index in [9.17, 15) is 4.79 Å². The molecule has 2 N–H and O–H groups in total. The standard InChI is InChI=1S/C13H26N2O2/c1-10(2)14-9-5-8-13(16)15-11-6-4-7-12(11)17-3/h10-12,14H,4-9H2,1-3H3,(H,15,16). The van der Waals surface area contributed by atoms with Gasteiger partial charge in [0.25, 0.3) is 0 Å². The molecule has 1 amide bonds. The molecule has 17 heavy (non-hydrogen) atoms. The van der Waals surface area contributed by atoms with Gasteiger partial charge in [-0.15, -0.1) is 0 Å². The maximum atomic E-state index is 11.7. The van der Waals surface area contributed by atoms with Crippen molar-refractivity contribution in [2.75, 3.05) is 13.7 Å². The smallest absolute Gasteiger partial charge is 0.220 e. The van der Waals surface area contributed by atoms with Crippen LogP contribution in [0.4, 0.5) is 0 Å². The first-order chi connectivity index (χ1) is 8.13. The molecule has 2 unspecified atom stereocenters. The van der Waals surface area contributed by atoms with Crippen LogP contribution >= 0.6 is 0 Å². The molecule has 0 aliphatic heterocycles. The van der Waals surface area contributed by atoms with Gasteiger partial charge in [-0.2, -0.15) is 0 Å². The Balaban J connectivity index is 2.12. The van der Waals surface area contributed by atoms with Crippen LogP contribution in [0.1, 0.15) is 46.0 Å². The minimum Gasteiger partial charge on any atom is -0.379 e. The summed E-state index contributed by atoms with van der Waals surface area (Å²) < 4.78 is 5.35. The maximum absolute atomic E-state index is 11.7. The normalized spacial score (nSPS) is 24.2. The monoisotopic (exact) mass is 242 g/mol. The van der Waals surface area contributed by atoms with E-state index in [4.69, 9.17) is 4.74 Å². The van der Waals surface area contributed by atoms with Crippen LogP contribution in [-0.4, -0.2) is 37.7 Å². The van der Waals surface area contributed by atoms with E-state index in [0.29, 0.717) is 12.5 Å². The first-order valence-corrected chi connectivity index (χ1v) is 6.69. The topological polar surface area (TPSA) is 50.4 Å². The number of ether oxygens (including phenoxy) is 1. The molecule has 100 valence electrons. The molecule has 0 bridgehead atoms. The largest absolute Gasteiger partial charge is 0.379 e. The van der Waals surface area contributed by atoms with Gasteiger partial charge in [-0.05, 0) is 32.2 Å². The first-order valence-electron chi connectivity index (χ1n) is 6.69. The number of amides is 1. The van der Waals surface area contributed by atoms with Gasteiger partial charge in [0.1, 0.15) is 0 Å². The number of rotatable bonds is 7. The second-order valence-electron chi connectivity index (χ2n) is 5.09. The van der Waals surface area contributed by atoms with Gasteiger partial charge < -0.3 is 15.4 Å². The summed E-state index contributed by atoms with van der Waals surface area (Å²) in [6.07, 6.45) is 4.98. The maximum Gasteiger partial charge on any atom is 0.220 e. The molecule has 2 atom stereocenters. The van der Waals surface area contributed by atoms with Crippen molar-refractivity contribution in [1.29, 1.82) is 0 Å². The van der Waals surface area contributed by atoms with Gasteiger partial charge in [0, 0.05) is 19.6 Å². The Hall–Kier alpha value is -0.610. The summed E-state index contributed by atoms with van der Waals surface area (Å²) >= 11 is 0. The third kappa shape index (κ3) is 5.50. The van der Waals surface area contributed by atoms with E-state index in [0.717, 1.165) is 32.2 Å². The van der Waals surface area contributed by atoms with E-state index in [2.05, 4.69) is 24.5 Å². The molecule has 1 fully saturated rings. The van der Waals surface area contributed by atoms with Gasteiger partial charge >= 0.3 is 0 Å². The zero-order valence-corrected chi connectivity index (χ0v) is 11.3. The molecule has 0 aromatic rings. The molecule has 0 heterocycles. The average molecular weight is 242 g/mol. The molecule has 1 aliphatic rings. The van der Waals surface area contributed by atoms with Crippen molar-refractivity contribution in [3.05, 3.63) is 0 Å². The zero-order valence-electron chi connectivity index (χ0n) is 11.3. The predicted octanol–water partition coefficient (Wildman–Crippen LogP) is 1.45. The summed E-state index contributed by atoms with van der Waals surface area (Å²) in [5.74, 6) is 0.157. The lowest BCUT2D eigenvalue weighted by Gasteiger charge is -2.19. The Kier molecular flexibility index (Phi) is 6.52. The van der Waals surface area contributed by atoms with E-state index < -0.39 is 0 Å². The van der Waals surface area contributed by atoms with E-state index in [1.54, 1.807) is 7.11 Å². The van der Waals surface area contributed by atoms with Gasteiger partial charge in [0.2, 0.25) is 5.91 Å². The van der Waals surface area contributed by atoms with Gasteiger partial charge in [-0.25, -0.2) is 0 Å². The molecule has 0 spiro atoms. The summed E-state index contributed by atoms with van der Waals surface area (Å²) in [6, 6.07) is 0.719. The number of carbonyl (C=O) groups is 1. The Morgan fingerprint density at radius 3 is 2.82 bits per heavy atom. The lowest BCUT2D eigenvalue weighted by atomic mass is 10.2. The molecule has 0 radical (unpaired) electrons. The number of carbonyl (C=O) groups excluding carboxylic acids is 1. The summed E-state index contributed by atoms with van der Waals surface area (Å²) in [7, 11) is 1.72. The molecule has 0 aromatic heterocycles. The highest BCUT2D eigenvalue weighted by Gasteiger charge is 2.27. The lowest BCUT2D eigenvalue weighted by molar-refractivity contribution is -0.122. The van der Waals surface area contributed by atoms with Crippen LogP contribution in [0.2, 0.25) is 0 Å². The fraction of sp³-hybridized carbons (Fsp3) is 0.923. The van der Waals surface area contributed by atoms with Crippen LogP contribution in [0.5, 0.6) is 0 Å². The Bertz CT molecular complexity index is 231. The van der Waals surface area contributed by atoms with Gasteiger partial charge in [0.05, 0.1) is 12.1 Å². The number of hydrogen-bond acceptors (Lipinski definition) is 3. The van der Waals surface area contributed by atoms with Gasteiger partial charge in [-0.1, -0.05) is 13.8 Å². The first kappa shape index (κ1) is 14.5. The van der Waals surface area contributed by atoms with Crippen LogP contribution in [0.3, 0.4) is 0 Å². The molecule has 4 nitrogen and oxygen atoms in total. The van der Waals surface area contributed by atoms with Crippen molar-refractivity contribution in [3.63, 3.8) is 0 Å². The van der Waals surface area contributed by atoms with Crippen molar-refractivity contribution < 1.29 is 9.53 Å². The van der Waals surface area contributed by atoms with Crippen LogP contribution in [0, 0.1) is 0 Å². The van der Waals surface area contributed by atoms with Crippen molar-refractivity contribution in [1.82, 2.24) is 10.6 Å². The highest BCUT2D eigenvalue weighted by atomic mass is 16.5. The molecule has 1 aliphatic carbocycles. The summed E-state index contributed by atoms with van der Waals surface area (Å²) in [6.45, 7) is 5.13. The molecule has 1 saturated carbocycles. The quantitative estimate of drug-likeness (QED) is 0.664. The molecule has 1 rings (SSSR count). The molecular weight excluding hydrogens is 216 g/mol. The molecule has 0 aromatic carbocycles. The SMILES string of the molecule is COC1CCCC1NC(=O)CCCNC(C)C. The van der Waals surface area contributed by atoms with Crippen LogP contribution in [-0.2, 0) is 9.53 Å². The number of hydrogen-bond donors (Lipinski definition) is 2. The van der Waals surface area contributed by atoms with Gasteiger partial charge in [0.15, 0.2) is 0 Å². The zero-order chi connectivity index (χ0) is 12.7. The lowest BCUT2D eigenvalue weighted by Crippen LogP contribution is -2.40. The average Bonchev–Trinajstić information content (AvgIpc) is 2.71. The van der Waals surface area contributed by atoms with E-state index in [-0.39, 0.29) is 18.1 Å². The van der Waals surface area contributed by atoms with Crippen LogP contribution in [0.25, 0.3) is 0 Å².